The van der Waals surface area contributed by atoms with Gasteiger partial charge in [0.1, 0.15) is 12.4 Å². The Hall–Kier alpha value is -3.33. The number of ether oxygens (including phenoxy) is 3. The smallest absolute Gasteiger partial charge is 0.295 e. The van der Waals surface area contributed by atoms with E-state index in [-0.39, 0.29) is 11.3 Å². The Morgan fingerprint density at radius 1 is 1.14 bits per heavy atom. The maximum atomic E-state index is 13.3. The summed E-state index contributed by atoms with van der Waals surface area (Å²) in [6.45, 7) is 7.60. The van der Waals surface area contributed by atoms with E-state index in [1.54, 1.807) is 48.5 Å². The molecule has 0 aliphatic carbocycles. The molecule has 2 aliphatic rings. The number of nitrogens with zero attached hydrogens (tertiary/aromatic N) is 2. The number of hydrogen-bond acceptors (Lipinski definition) is 7. The predicted molar refractivity (Wildman–Crippen MR) is 136 cm³/mol. The van der Waals surface area contributed by atoms with Crippen LogP contribution in [0.1, 0.15) is 17.2 Å². The van der Waals surface area contributed by atoms with Gasteiger partial charge in [0.05, 0.1) is 31.9 Å². The monoisotopic (exact) mass is 512 g/mol. The minimum Gasteiger partial charge on any atom is -0.507 e. The SMILES string of the molecule is C=CCOc1ccc(C2/C(=C(\O)c3ccc(Cl)cc3)C(=O)C(=O)N2CCN2CCOCC2)cc1OC. The number of hydrogen-bond donors (Lipinski definition) is 1. The third-order valence-corrected chi connectivity index (χ3v) is 6.53. The standard InChI is InChI=1S/C27H29ClN2O6/c1-3-14-36-21-9-6-19(17-22(21)34-2)24-23(25(31)18-4-7-20(28)8-5-18)26(32)27(33)30(24)11-10-29-12-15-35-16-13-29/h3-9,17,24,31H,1,10-16H2,2H3/b25-23+. The van der Waals surface area contributed by atoms with Crippen molar-refractivity contribution in [1.29, 1.82) is 0 Å². The number of carbonyl (C=O) groups excluding carboxylic acids is 2. The van der Waals surface area contributed by atoms with Crippen LogP contribution >= 0.6 is 11.6 Å². The zero-order valence-corrected chi connectivity index (χ0v) is 20.9. The molecule has 0 spiro atoms. The number of carbonyl (C=O) groups is 2. The second-order valence-corrected chi connectivity index (χ2v) is 8.90. The second kappa shape index (κ2) is 11.6. The maximum Gasteiger partial charge on any atom is 0.295 e. The Bertz CT molecular complexity index is 1160. The molecule has 0 aromatic heterocycles. The molecule has 36 heavy (non-hydrogen) atoms. The summed E-state index contributed by atoms with van der Waals surface area (Å²) < 4.78 is 16.6. The molecule has 8 nitrogen and oxygen atoms in total. The minimum atomic E-state index is -0.802. The zero-order valence-electron chi connectivity index (χ0n) is 20.1. The Kier molecular flexibility index (Phi) is 8.30. The molecule has 2 fully saturated rings. The van der Waals surface area contributed by atoms with E-state index < -0.39 is 17.7 Å². The fourth-order valence-corrected chi connectivity index (χ4v) is 4.54. The Morgan fingerprint density at radius 3 is 2.53 bits per heavy atom. The molecule has 2 heterocycles. The molecule has 2 aliphatic heterocycles. The van der Waals surface area contributed by atoms with Crippen molar-refractivity contribution in [2.45, 2.75) is 6.04 Å². The predicted octanol–water partition coefficient (Wildman–Crippen LogP) is 3.67. The number of aliphatic hydroxyl groups excluding tert-OH is 1. The third kappa shape index (κ3) is 5.41. The molecular formula is C27H29ClN2O6. The fourth-order valence-electron chi connectivity index (χ4n) is 4.42. The highest BCUT2D eigenvalue weighted by Gasteiger charge is 2.46. The number of halogens is 1. The average Bonchev–Trinajstić information content (AvgIpc) is 3.16. The number of morpholine rings is 1. The van der Waals surface area contributed by atoms with Gasteiger partial charge in [-0.1, -0.05) is 30.3 Å². The largest absolute Gasteiger partial charge is 0.507 e. The van der Waals surface area contributed by atoms with Crippen LogP contribution in [0.5, 0.6) is 11.5 Å². The molecule has 1 N–H and O–H groups in total. The summed E-state index contributed by atoms with van der Waals surface area (Å²) in [6.07, 6.45) is 1.63. The van der Waals surface area contributed by atoms with E-state index in [0.717, 1.165) is 13.1 Å². The van der Waals surface area contributed by atoms with Crippen LogP contribution in [-0.2, 0) is 14.3 Å². The first-order valence-electron chi connectivity index (χ1n) is 11.7. The molecule has 190 valence electrons. The van der Waals surface area contributed by atoms with E-state index in [1.165, 1.54) is 12.0 Å². The van der Waals surface area contributed by atoms with Gasteiger partial charge in [-0.25, -0.2) is 0 Å². The second-order valence-electron chi connectivity index (χ2n) is 8.46. The normalized spacial score (nSPS) is 19.9. The maximum absolute atomic E-state index is 13.3. The number of rotatable bonds is 9. The van der Waals surface area contributed by atoms with Crippen molar-refractivity contribution in [3.8, 4) is 11.5 Å². The van der Waals surface area contributed by atoms with E-state index in [9.17, 15) is 14.7 Å². The number of methoxy groups -OCH3 is 1. The summed E-state index contributed by atoms with van der Waals surface area (Å²) in [7, 11) is 1.52. The number of aliphatic hydroxyl groups is 1. The molecule has 9 heteroatoms. The molecule has 0 radical (unpaired) electrons. The van der Waals surface area contributed by atoms with Crippen molar-refractivity contribution in [2.75, 3.05) is 53.1 Å². The molecule has 1 unspecified atom stereocenters. The highest BCUT2D eigenvalue weighted by molar-refractivity contribution is 6.46. The first kappa shape index (κ1) is 25.8. The number of likely N-dealkylation sites (tertiary alicyclic amines) is 1. The lowest BCUT2D eigenvalue weighted by atomic mass is 9.95. The van der Waals surface area contributed by atoms with Gasteiger partial charge in [0, 0.05) is 36.8 Å². The summed E-state index contributed by atoms with van der Waals surface area (Å²) in [6, 6.07) is 10.9. The van der Waals surface area contributed by atoms with Gasteiger partial charge in [-0.3, -0.25) is 14.5 Å². The minimum absolute atomic E-state index is 0.0195. The van der Waals surface area contributed by atoms with Crippen molar-refractivity contribution >= 4 is 29.1 Å². The quantitative estimate of drug-likeness (QED) is 0.237. The number of Topliss-reactive ketones (excluding diaryl/α,β-unsaturated/α-hetero) is 1. The highest BCUT2D eigenvalue weighted by atomic mass is 35.5. The lowest BCUT2D eigenvalue weighted by Gasteiger charge is -2.31. The Labute approximate surface area is 215 Å². The van der Waals surface area contributed by atoms with E-state index in [4.69, 9.17) is 25.8 Å². The van der Waals surface area contributed by atoms with Gasteiger partial charge < -0.3 is 24.2 Å². The number of amides is 1. The summed E-state index contributed by atoms with van der Waals surface area (Å²) >= 11 is 6.00. The zero-order chi connectivity index (χ0) is 25.7. The molecule has 2 saturated heterocycles. The lowest BCUT2D eigenvalue weighted by Crippen LogP contribution is -2.42. The first-order valence-corrected chi connectivity index (χ1v) is 12.1. The van der Waals surface area contributed by atoms with Crippen LogP contribution < -0.4 is 9.47 Å². The Balaban J connectivity index is 1.76. The van der Waals surface area contributed by atoms with Crippen molar-refractivity contribution in [1.82, 2.24) is 9.80 Å². The van der Waals surface area contributed by atoms with Gasteiger partial charge in [-0.05, 0) is 42.0 Å². The van der Waals surface area contributed by atoms with Gasteiger partial charge in [0.25, 0.3) is 11.7 Å². The summed E-state index contributed by atoms with van der Waals surface area (Å²) in [5.41, 5.74) is 1.04. The van der Waals surface area contributed by atoms with Crippen molar-refractivity contribution in [2.24, 2.45) is 0 Å². The molecule has 1 amide bonds. The van der Waals surface area contributed by atoms with Crippen LogP contribution in [0.3, 0.4) is 0 Å². The van der Waals surface area contributed by atoms with Crippen LogP contribution in [0.15, 0.2) is 60.7 Å². The summed E-state index contributed by atoms with van der Waals surface area (Å²) in [4.78, 5) is 30.2. The van der Waals surface area contributed by atoms with E-state index >= 15 is 0 Å². The van der Waals surface area contributed by atoms with Crippen molar-refractivity contribution in [3.63, 3.8) is 0 Å². The summed E-state index contributed by atoms with van der Waals surface area (Å²) in [5, 5.41) is 11.7. The van der Waals surface area contributed by atoms with E-state index in [1.807, 2.05) is 0 Å². The molecular weight excluding hydrogens is 484 g/mol. The van der Waals surface area contributed by atoms with Crippen LogP contribution in [0.4, 0.5) is 0 Å². The van der Waals surface area contributed by atoms with E-state index in [2.05, 4.69) is 11.5 Å². The molecule has 0 saturated carbocycles. The highest BCUT2D eigenvalue weighted by Crippen LogP contribution is 2.42. The van der Waals surface area contributed by atoms with Gasteiger partial charge in [0.2, 0.25) is 0 Å². The molecule has 2 aromatic carbocycles. The van der Waals surface area contributed by atoms with Crippen LogP contribution in [0.2, 0.25) is 5.02 Å². The van der Waals surface area contributed by atoms with Crippen molar-refractivity contribution in [3.05, 3.63) is 76.8 Å². The van der Waals surface area contributed by atoms with E-state index in [0.29, 0.717) is 60.6 Å². The average molecular weight is 513 g/mol. The number of benzene rings is 2. The molecule has 1 atom stereocenters. The van der Waals surface area contributed by atoms with Gasteiger partial charge >= 0.3 is 0 Å². The Morgan fingerprint density at radius 2 is 1.86 bits per heavy atom. The van der Waals surface area contributed by atoms with Gasteiger partial charge in [-0.15, -0.1) is 0 Å². The molecule has 0 bridgehead atoms. The van der Waals surface area contributed by atoms with Gasteiger partial charge in [0.15, 0.2) is 11.5 Å². The van der Waals surface area contributed by atoms with Gasteiger partial charge in [-0.2, -0.15) is 0 Å². The van der Waals surface area contributed by atoms with Crippen LogP contribution in [-0.4, -0.2) is 79.7 Å². The van der Waals surface area contributed by atoms with Crippen molar-refractivity contribution < 1.29 is 28.9 Å². The molecule has 4 rings (SSSR count). The topological polar surface area (TPSA) is 88.5 Å². The lowest BCUT2D eigenvalue weighted by molar-refractivity contribution is -0.140. The first-order chi connectivity index (χ1) is 17.4. The van der Waals surface area contributed by atoms with Crippen LogP contribution in [0.25, 0.3) is 5.76 Å². The number of ketones is 1. The van der Waals surface area contributed by atoms with Crippen LogP contribution in [0, 0.1) is 0 Å². The summed E-state index contributed by atoms with van der Waals surface area (Å²) in [5.74, 6) is -0.700. The molecule has 2 aromatic rings. The fraction of sp³-hybridized carbons (Fsp3) is 0.333. The third-order valence-electron chi connectivity index (χ3n) is 6.28.